The molecule has 1 heterocycles. The van der Waals surface area contributed by atoms with Crippen molar-refractivity contribution in [3.05, 3.63) is 82.3 Å². The van der Waals surface area contributed by atoms with Crippen LogP contribution in [0.2, 0.25) is 0 Å². The van der Waals surface area contributed by atoms with Gasteiger partial charge in [-0.3, -0.25) is 19.3 Å². The van der Waals surface area contributed by atoms with Crippen molar-refractivity contribution in [3.8, 4) is 23.0 Å². The van der Waals surface area contributed by atoms with Gasteiger partial charge in [0.05, 0.1) is 25.7 Å². The summed E-state index contributed by atoms with van der Waals surface area (Å²) in [5.41, 5.74) is 3.43. The number of methoxy groups -OCH3 is 2. The maximum Gasteiger partial charge on any atom is 0.293 e. The van der Waals surface area contributed by atoms with E-state index in [0.29, 0.717) is 28.6 Å². The molecule has 3 aromatic rings. The van der Waals surface area contributed by atoms with Crippen molar-refractivity contribution in [3.63, 3.8) is 0 Å². The van der Waals surface area contributed by atoms with Crippen LogP contribution >= 0.6 is 11.8 Å². The van der Waals surface area contributed by atoms with Crippen LogP contribution in [0, 0.1) is 13.8 Å². The fraction of sp³-hybridized carbons (Fsp3) is 0.233. The second-order valence-electron chi connectivity index (χ2n) is 8.90. The molecule has 9 nitrogen and oxygen atoms in total. The predicted molar refractivity (Wildman–Crippen MR) is 154 cm³/mol. The van der Waals surface area contributed by atoms with Gasteiger partial charge in [-0.15, -0.1) is 0 Å². The molecule has 0 unspecified atom stereocenters. The molecule has 0 radical (unpaired) electrons. The van der Waals surface area contributed by atoms with Gasteiger partial charge in [0.15, 0.2) is 29.6 Å². The molecule has 0 atom stereocenters. The molecule has 40 heavy (non-hydrogen) atoms. The van der Waals surface area contributed by atoms with Crippen molar-refractivity contribution in [1.82, 2.24) is 4.90 Å². The lowest BCUT2D eigenvalue weighted by molar-refractivity contribution is -0.123. The van der Waals surface area contributed by atoms with Gasteiger partial charge >= 0.3 is 0 Å². The van der Waals surface area contributed by atoms with Gasteiger partial charge in [-0.1, -0.05) is 35.9 Å². The zero-order valence-electron chi connectivity index (χ0n) is 22.7. The summed E-state index contributed by atoms with van der Waals surface area (Å²) in [4.78, 5) is 39.3. The van der Waals surface area contributed by atoms with Crippen LogP contribution in [0.5, 0.6) is 23.0 Å². The molecule has 0 spiro atoms. The number of ether oxygens (including phenoxy) is 4. The zero-order valence-corrected chi connectivity index (χ0v) is 23.5. The third-order valence-corrected chi connectivity index (χ3v) is 6.92. The largest absolute Gasteiger partial charge is 0.493 e. The van der Waals surface area contributed by atoms with Crippen molar-refractivity contribution in [2.45, 2.75) is 13.8 Å². The average molecular weight is 563 g/mol. The number of rotatable bonds is 11. The lowest BCUT2D eigenvalue weighted by Crippen LogP contribution is -2.32. The van der Waals surface area contributed by atoms with E-state index in [-0.39, 0.29) is 35.8 Å². The number of thioether (sulfide) groups is 1. The highest BCUT2D eigenvalue weighted by molar-refractivity contribution is 8.18. The average Bonchev–Trinajstić information content (AvgIpc) is 3.21. The van der Waals surface area contributed by atoms with Crippen molar-refractivity contribution >= 4 is 40.6 Å². The first-order valence-corrected chi connectivity index (χ1v) is 13.3. The highest BCUT2D eigenvalue weighted by atomic mass is 32.2. The molecule has 0 bridgehead atoms. The molecule has 1 aliphatic rings. The first-order chi connectivity index (χ1) is 19.3. The van der Waals surface area contributed by atoms with Crippen LogP contribution in [0.25, 0.3) is 6.08 Å². The summed E-state index contributed by atoms with van der Waals surface area (Å²) in [6.07, 6.45) is 1.62. The fourth-order valence-corrected chi connectivity index (χ4v) is 4.87. The fourth-order valence-electron chi connectivity index (χ4n) is 4.01. The maximum absolute atomic E-state index is 12.9. The zero-order chi connectivity index (χ0) is 28.6. The summed E-state index contributed by atoms with van der Waals surface area (Å²) < 4.78 is 22.1. The Morgan fingerprint density at radius 3 is 2.35 bits per heavy atom. The molecule has 1 aliphatic heterocycles. The summed E-state index contributed by atoms with van der Waals surface area (Å²) in [5, 5.41) is 2.47. The Kier molecular flexibility index (Phi) is 9.34. The van der Waals surface area contributed by atoms with Gasteiger partial charge in [0.25, 0.3) is 17.1 Å². The first kappa shape index (κ1) is 28.6. The van der Waals surface area contributed by atoms with E-state index in [9.17, 15) is 14.4 Å². The molecule has 3 aromatic carbocycles. The summed E-state index contributed by atoms with van der Waals surface area (Å²) in [7, 11) is 3.03. The van der Waals surface area contributed by atoms with E-state index in [2.05, 4.69) is 5.32 Å². The Hall–Kier alpha value is -4.44. The molecule has 1 saturated heterocycles. The lowest BCUT2D eigenvalue weighted by Gasteiger charge is -2.14. The highest BCUT2D eigenvalue weighted by Crippen LogP contribution is 2.35. The van der Waals surface area contributed by atoms with Gasteiger partial charge in [0.2, 0.25) is 0 Å². The normalized spacial score (nSPS) is 13.9. The molecule has 10 heteroatoms. The molecular weight excluding hydrogens is 532 g/mol. The van der Waals surface area contributed by atoms with Gasteiger partial charge in [0, 0.05) is 5.69 Å². The number of nitrogens with zero attached hydrogens (tertiary/aromatic N) is 1. The Labute approximate surface area is 237 Å². The summed E-state index contributed by atoms with van der Waals surface area (Å²) >= 11 is 0.858. The number of imide groups is 1. The van der Waals surface area contributed by atoms with Crippen molar-refractivity contribution in [2.24, 2.45) is 0 Å². The minimum absolute atomic E-state index is 0.0976. The number of para-hydroxylation sites is 2. The highest BCUT2D eigenvalue weighted by Gasteiger charge is 2.35. The number of carbonyl (C=O) groups is 3. The monoisotopic (exact) mass is 562 g/mol. The number of hydrogen-bond donors (Lipinski definition) is 1. The SMILES string of the molecule is COc1ccccc1OCCN1C(=O)S/C(=C\c2ccc(OCC(=O)Nc3ccc(C)cc3C)c(OC)c2)C1=O. The Morgan fingerprint density at radius 1 is 0.900 bits per heavy atom. The van der Waals surface area contributed by atoms with E-state index in [4.69, 9.17) is 18.9 Å². The molecular formula is C30H30N2O7S. The maximum atomic E-state index is 12.9. The second-order valence-corrected chi connectivity index (χ2v) is 9.89. The molecule has 4 rings (SSSR count). The molecule has 208 valence electrons. The van der Waals surface area contributed by atoms with E-state index in [1.54, 1.807) is 43.5 Å². The van der Waals surface area contributed by atoms with Gasteiger partial charge in [0.1, 0.15) is 6.61 Å². The third-order valence-electron chi connectivity index (χ3n) is 6.02. The Balaban J connectivity index is 1.36. The molecule has 0 saturated carbocycles. The number of hydrogen-bond acceptors (Lipinski definition) is 8. The van der Waals surface area contributed by atoms with E-state index >= 15 is 0 Å². The van der Waals surface area contributed by atoms with Crippen LogP contribution in [-0.4, -0.2) is 55.9 Å². The van der Waals surface area contributed by atoms with Gasteiger partial charge in [-0.25, -0.2) is 0 Å². The molecule has 3 amide bonds. The smallest absolute Gasteiger partial charge is 0.293 e. The first-order valence-electron chi connectivity index (χ1n) is 12.5. The lowest BCUT2D eigenvalue weighted by atomic mass is 10.1. The van der Waals surface area contributed by atoms with Gasteiger partial charge < -0.3 is 24.3 Å². The van der Waals surface area contributed by atoms with Crippen LogP contribution in [-0.2, 0) is 9.59 Å². The Morgan fingerprint density at radius 2 is 1.62 bits per heavy atom. The van der Waals surface area contributed by atoms with Crippen LogP contribution in [0.1, 0.15) is 16.7 Å². The summed E-state index contributed by atoms with van der Waals surface area (Å²) in [6.45, 7) is 3.93. The summed E-state index contributed by atoms with van der Waals surface area (Å²) in [6, 6.07) is 18.0. The minimum atomic E-state index is -0.402. The van der Waals surface area contributed by atoms with Crippen molar-refractivity contribution < 1.29 is 33.3 Å². The van der Waals surface area contributed by atoms with Crippen LogP contribution in [0.15, 0.2) is 65.6 Å². The molecule has 1 N–H and O–H groups in total. The van der Waals surface area contributed by atoms with Gasteiger partial charge in [-0.2, -0.15) is 0 Å². The predicted octanol–water partition coefficient (Wildman–Crippen LogP) is 5.45. The van der Waals surface area contributed by atoms with Crippen LogP contribution in [0.4, 0.5) is 10.5 Å². The number of carbonyl (C=O) groups excluding carboxylic acids is 3. The number of anilines is 1. The van der Waals surface area contributed by atoms with Crippen LogP contribution in [0.3, 0.4) is 0 Å². The topological polar surface area (TPSA) is 103 Å². The van der Waals surface area contributed by atoms with Crippen molar-refractivity contribution in [1.29, 1.82) is 0 Å². The number of nitrogens with one attached hydrogen (secondary N) is 1. The molecule has 0 aliphatic carbocycles. The van der Waals surface area contributed by atoms with E-state index in [0.717, 1.165) is 33.5 Å². The van der Waals surface area contributed by atoms with Crippen LogP contribution < -0.4 is 24.3 Å². The van der Waals surface area contributed by atoms with Crippen molar-refractivity contribution in [2.75, 3.05) is 39.3 Å². The standard InChI is InChI=1S/C30H30N2O7S/c1-19-9-11-22(20(2)15-19)31-28(33)18-39-25-12-10-21(16-26(25)37-4)17-27-29(34)32(30(35)40-27)13-14-38-24-8-6-5-7-23(24)36-3/h5-12,15-17H,13-14,18H2,1-4H3,(H,31,33)/b27-17-. The molecule has 1 fully saturated rings. The number of amides is 3. The summed E-state index contributed by atoms with van der Waals surface area (Å²) in [5.74, 6) is 1.15. The van der Waals surface area contributed by atoms with E-state index in [1.165, 1.54) is 7.11 Å². The third kappa shape index (κ3) is 6.95. The Bertz CT molecular complexity index is 1450. The van der Waals surface area contributed by atoms with Gasteiger partial charge in [-0.05, 0) is 73.1 Å². The number of benzene rings is 3. The minimum Gasteiger partial charge on any atom is -0.493 e. The quantitative estimate of drug-likeness (QED) is 0.308. The molecule has 0 aromatic heterocycles. The second kappa shape index (κ2) is 13.1. The number of aryl methyl sites for hydroxylation is 2. The van der Waals surface area contributed by atoms with E-state index in [1.807, 2.05) is 44.2 Å². The van der Waals surface area contributed by atoms with E-state index < -0.39 is 5.91 Å².